The van der Waals surface area contributed by atoms with Crippen molar-refractivity contribution >= 4 is 16.5 Å². The summed E-state index contributed by atoms with van der Waals surface area (Å²) in [5.41, 5.74) is 0. The van der Waals surface area contributed by atoms with Crippen LogP contribution in [0.25, 0.3) is 0 Å². The Kier molecular flexibility index (Phi) is 5.49. The van der Waals surface area contributed by atoms with Crippen LogP contribution < -0.4 is 10.2 Å². The molecule has 1 aromatic rings. The molecule has 0 radical (unpaired) electrons. The van der Waals surface area contributed by atoms with Crippen LogP contribution in [0.15, 0.2) is 11.6 Å². The van der Waals surface area contributed by atoms with Crippen molar-refractivity contribution in [1.29, 1.82) is 0 Å². The highest BCUT2D eigenvalue weighted by molar-refractivity contribution is 7.13. The van der Waals surface area contributed by atoms with E-state index in [1.54, 1.807) is 11.3 Å². The second kappa shape index (κ2) is 7.56. The minimum Gasteiger partial charge on any atom is -0.346 e. The quantitative estimate of drug-likeness (QED) is 0.866. The zero-order valence-electron chi connectivity index (χ0n) is 13.1. The number of piperazine rings is 1. The van der Waals surface area contributed by atoms with Gasteiger partial charge in [0.25, 0.3) is 0 Å². The number of aromatic nitrogens is 1. The third-order valence-corrected chi connectivity index (χ3v) is 5.92. The Morgan fingerprint density at radius 3 is 2.71 bits per heavy atom. The maximum atomic E-state index is 4.43. The molecule has 5 heteroatoms. The molecule has 0 amide bonds. The van der Waals surface area contributed by atoms with Crippen molar-refractivity contribution in [3.63, 3.8) is 0 Å². The maximum absolute atomic E-state index is 4.43. The first-order chi connectivity index (χ1) is 10.4. The number of rotatable bonds is 4. The highest BCUT2D eigenvalue weighted by atomic mass is 32.1. The van der Waals surface area contributed by atoms with Gasteiger partial charge in [0.2, 0.25) is 0 Å². The van der Waals surface area contributed by atoms with Gasteiger partial charge >= 0.3 is 0 Å². The number of thiazole rings is 1. The Hall–Kier alpha value is -0.650. The van der Waals surface area contributed by atoms with E-state index in [1.807, 2.05) is 6.20 Å². The predicted octanol–water partition coefficient (Wildman–Crippen LogP) is 2.43. The lowest BCUT2D eigenvalue weighted by Gasteiger charge is -2.37. The van der Waals surface area contributed by atoms with Gasteiger partial charge in [-0.3, -0.25) is 4.90 Å². The van der Waals surface area contributed by atoms with Gasteiger partial charge in [-0.15, -0.1) is 11.3 Å². The molecular formula is C16H28N4S. The Balaban J connectivity index is 1.50. The van der Waals surface area contributed by atoms with Crippen LogP contribution in [0.4, 0.5) is 5.13 Å². The van der Waals surface area contributed by atoms with Crippen LogP contribution in [-0.2, 0) is 0 Å². The van der Waals surface area contributed by atoms with Gasteiger partial charge in [-0.2, -0.15) is 0 Å². The van der Waals surface area contributed by atoms with Crippen molar-refractivity contribution < 1.29 is 0 Å². The van der Waals surface area contributed by atoms with Gasteiger partial charge in [-0.1, -0.05) is 19.3 Å². The van der Waals surface area contributed by atoms with E-state index < -0.39 is 0 Å². The van der Waals surface area contributed by atoms with E-state index in [-0.39, 0.29) is 0 Å². The van der Waals surface area contributed by atoms with Crippen LogP contribution in [0.1, 0.15) is 32.1 Å². The summed E-state index contributed by atoms with van der Waals surface area (Å²) < 4.78 is 0. The van der Waals surface area contributed by atoms with E-state index in [4.69, 9.17) is 0 Å². The first-order valence-corrected chi connectivity index (χ1v) is 9.29. The molecule has 1 aliphatic carbocycles. The lowest BCUT2D eigenvalue weighted by Crippen LogP contribution is -2.49. The van der Waals surface area contributed by atoms with Crippen LogP contribution in [0.3, 0.4) is 0 Å². The van der Waals surface area contributed by atoms with Crippen LogP contribution >= 0.6 is 11.3 Å². The summed E-state index contributed by atoms with van der Waals surface area (Å²) in [4.78, 5) is 9.54. The Bertz CT molecular complexity index is 400. The number of hydrogen-bond donors (Lipinski definition) is 1. The van der Waals surface area contributed by atoms with Gasteiger partial charge in [0.15, 0.2) is 5.13 Å². The zero-order chi connectivity index (χ0) is 14.5. The standard InChI is InChI=1S/C16H28N4S/c1-17-15-6-4-2-3-5-14(15)13-19-8-10-20(11-9-19)16-18-7-12-21-16/h7,12,14-15,17H,2-6,8-11,13H2,1H3. The average molecular weight is 308 g/mol. The SMILES string of the molecule is CNC1CCCCCC1CN1CCN(c2nccs2)CC1. The minimum atomic E-state index is 0.726. The van der Waals surface area contributed by atoms with Crippen LogP contribution in [0, 0.1) is 5.92 Å². The summed E-state index contributed by atoms with van der Waals surface area (Å²) in [5.74, 6) is 0.837. The molecule has 1 aliphatic heterocycles. The first kappa shape index (κ1) is 15.3. The minimum absolute atomic E-state index is 0.726. The van der Waals surface area contributed by atoms with Gasteiger partial charge < -0.3 is 10.2 Å². The molecule has 21 heavy (non-hydrogen) atoms. The van der Waals surface area contributed by atoms with E-state index in [9.17, 15) is 0 Å². The second-order valence-electron chi connectivity index (χ2n) is 6.40. The molecule has 2 unspecified atom stereocenters. The van der Waals surface area contributed by atoms with Gasteiger partial charge in [0.1, 0.15) is 0 Å². The van der Waals surface area contributed by atoms with E-state index in [1.165, 1.54) is 56.9 Å². The van der Waals surface area contributed by atoms with Crippen LogP contribution in [-0.4, -0.2) is 55.7 Å². The summed E-state index contributed by atoms with van der Waals surface area (Å²) in [6, 6.07) is 0.726. The molecule has 118 valence electrons. The molecule has 0 aromatic carbocycles. The average Bonchev–Trinajstić information content (AvgIpc) is 2.96. The van der Waals surface area contributed by atoms with Crippen molar-refractivity contribution in [2.75, 3.05) is 44.7 Å². The van der Waals surface area contributed by atoms with Crippen molar-refractivity contribution in [2.24, 2.45) is 5.92 Å². The van der Waals surface area contributed by atoms with Gasteiger partial charge in [-0.25, -0.2) is 4.98 Å². The van der Waals surface area contributed by atoms with Crippen molar-refractivity contribution in [3.8, 4) is 0 Å². The van der Waals surface area contributed by atoms with Crippen LogP contribution in [0.5, 0.6) is 0 Å². The zero-order valence-corrected chi connectivity index (χ0v) is 13.9. The third kappa shape index (κ3) is 3.96. The molecule has 1 saturated carbocycles. The molecule has 2 aliphatic rings. The summed E-state index contributed by atoms with van der Waals surface area (Å²) in [6.45, 7) is 5.91. The third-order valence-electron chi connectivity index (χ3n) is 5.08. The molecular weight excluding hydrogens is 280 g/mol. The topological polar surface area (TPSA) is 31.4 Å². The molecule has 1 aromatic heterocycles. The normalized spacial score (nSPS) is 28.5. The van der Waals surface area contributed by atoms with Gasteiger partial charge in [0.05, 0.1) is 0 Å². The molecule has 0 bridgehead atoms. The second-order valence-corrected chi connectivity index (χ2v) is 7.27. The summed E-state index contributed by atoms with van der Waals surface area (Å²) >= 11 is 1.76. The maximum Gasteiger partial charge on any atom is 0.185 e. The monoisotopic (exact) mass is 308 g/mol. The van der Waals surface area contributed by atoms with Crippen molar-refractivity contribution in [1.82, 2.24) is 15.2 Å². The fourth-order valence-corrected chi connectivity index (χ4v) is 4.51. The fraction of sp³-hybridized carbons (Fsp3) is 0.812. The highest BCUT2D eigenvalue weighted by Gasteiger charge is 2.26. The lowest BCUT2D eigenvalue weighted by atomic mass is 9.94. The predicted molar refractivity (Wildman–Crippen MR) is 90.2 cm³/mol. The Labute approximate surface area is 132 Å². The summed E-state index contributed by atoms with van der Waals surface area (Å²) in [5, 5.41) is 6.84. The first-order valence-electron chi connectivity index (χ1n) is 8.41. The lowest BCUT2D eigenvalue weighted by molar-refractivity contribution is 0.188. The van der Waals surface area contributed by atoms with Crippen LogP contribution in [0.2, 0.25) is 0 Å². The number of nitrogens with one attached hydrogen (secondary N) is 1. The summed E-state index contributed by atoms with van der Waals surface area (Å²) in [6.07, 6.45) is 8.92. The van der Waals surface area contributed by atoms with Gasteiger partial charge in [0, 0.05) is 50.3 Å². The molecule has 1 N–H and O–H groups in total. The van der Waals surface area contributed by atoms with E-state index in [0.29, 0.717) is 0 Å². The highest BCUT2D eigenvalue weighted by Crippen LogP contribution is 2.25. The molecule has 3 rings (SSSR count). The number of nitrogens with zero attached hydrogens (tertiary/aromatic N) is 3. The van der Waals surface area contributed by atoms with Crippen molar-refractivity contribution in [3.05, 3.63) is 11.6 Å². The van der Waals surface area contributed by atoms with E-state index >= 15 is 0 Å². The van der Waals surface area contributed by atoms with Crippen molar-refractivity contribution in [2.45, 2.75) is 38.1 Å². The van der Waals surface area contributed by atoms with Gasteiger partial charge in [-0.05, 0) is 25.8 Å². The van der Waals surface area contributed by atoms with E-state index in [2.05, 4.69) is 32.5 Å². The summed E-state index contributed by atoms with van der Waals surface area (Å²) in [7, 11) is 2.14. The molecule has 2 heterocycles. The number of hydrogen-bond acceptors (Lipinski definition) is 5. The largest absolute Gasteiger partial charge is 0.346 e. The Morgan fingerprint density at radius 1 is 1.19 bits per heavy atom. The number of anilines is 1. The smallest absolute Gasteiger partial charge is 0.185 e. The molecule has 4 nitrogen and oxygen atoms in total. The molecule has 1 saturated heterocycles. The fourth-order valence-electron chi connectivity index (χ4n) is 3.81. The van der Waals surface area contributed by atoms with E-state index in [0.717, 1.165) is 25.0 Å². The molecule has 2 fully saturated rings. The molecule has 0 spiro atoms. The molecule has 2 atom stereocenters. The Morgan fingerprint density at radius 2 is 2.00 bits per heavy atom.